The van der Waals surface area contributed by atoms with Crippen molar-refractivity contribution in [2.45, 2.75) is 24.8 Å². The van der Waals surface area contributed by atoms with E-state index in [1.54, 1.807) is 6.07 Å². The van der Waals surface area contributed by atoms with Crippen molar-refractivity contribution in [2.24, 2.45) is 0 Å². The number of nitro groups is 1. The summed E-state index contributed by atoms with van der Waals surface area (Å²) in [5.74, 6) is -0.724. The van der Waals surface area contributed by atoms with E-state index in [0.717, 1.165) is 25.9 Å². The molecule has 0 radical (unpaired) electrons. The van der Waals surface area contributed by atoms with Crippen LogP contribution in [-0.4, -0.2) is 52.0 Å². The highest BCUT2D eigenvalue weighted by molar-refractivity contribution is 7.99. The van der Waals surface area contributed by atoms with Crippen LogP contribution in [0.15, 0.2) is 18.2 Å². The van der Waals surface area contributed by atoms with E-state index in [1.165, 1.54) is 23.9 Å². The number of carboxylic acid groups (broad SMARTS) is 1. The van der Waals surface area contributed by atoms with E-state index in [0.29, 0.717) is 23.6 Å². The Hall–Kier alpha value is -2.29. The molecule has 25 heavy (non-hydrogen) atoms. The van der Waals surface area contributed by atoms with Crippen LogP contribution in [0.3, 0.4) is 0 Å². The average Bonchev–Trinajstić information content (AvgIpc) is 3.26. The van der Waals surface area contributed by atoms with E-state index < -0.39 is 22.3 Å². The molecule has 3 rings (SSSR count). The first-order valence-electron chi connectivity index (χ1n) is 8.10. The van der Waals surface area contributed by atoms with Gasteiger partial charge in [0.25, 0.3) is 11.6 Å². The summed E-state index contributed by atoms with van der Waals surface area (Å²) in [6, 6.07) is 4.34. The molecule has 9 heteroatoms. The van der Waals surface area contributed by atoms with Gasteiger partial charge in [0.2, 0.25) is 0 Å². The molecule has 0 bridgehead atoms. The van der Waals surface area contributed by atoms with Gasteiger partial charge in [0.15, 0.2) is 0 Å². The second kappa shape index (κ2) is 6.91. The molecule has 8 nitrogen and oxygen atoms in total. The molecule has 2 saturated heterocycles. The molecule has 1 atom stereocenters. The molecule has 0 saturated carbocycles. The molecule has 2 aliphatic heterocycles. The minimum absolute atomic E-state index is 0.104. The zero-order chi connectivity index (χ0) is 18.0. The van der Waals surface area contributed by atoms with Crippen LogP contribution in [0.5, 0.6) is 0 Å². The molecule has 2 N–H and O–H groups in total. The Balaban J connectivity index is 1.86. The number of benzene rings is 1. The molecule has 1 unspecified atom stereocenters. The SMILES string of the molecule is O=C(NC1(C(=O)O)CCSC1)c1ccc(N2CCCC2)c([N+](=O)[O-])c1. The first kappa shape index (κ1) is 17.5. The Kier molecular flexibility index (Phi) is 4.85. The van der Waals surface area contributed by atoms with Gasteiger partial charge < -0.3 is 15.3 Å². The van der Waals surface area contributed by atoms with Crippen LogP contribution in [0.4, 0.5) is 11.4 Å². The summed E-state index contributed by atoms with van der Waals surface area (Å²) < 4.78 is 0. The fourth-order valence-corrected chi connectivity index (χ4v) is 4.54. The van der Waals surface area contributed by atoms with E-state index in [2.05, 4.69) is 5.32 Å². The summed E-state index contributed by atoms with van der Waals surface area (Å²) in [4.78, 5) is 36.9. The van der Waals surface area contributed by atoms with Crippen LogP contribution in [0.1, 0.15) is 29.6 Å². The Morgan fingerprint density at radius 3 is 2.60 bits per heavy atom. The molecule has 1 aromatic rings. The summed E-state index contributed by atoms with van der Waals surface area (Å²) in [7, 11) is 0. The van der Waals surface area contributed by atoms with Crippen molar-refractivity contribution in [3.63, 3.8) is 0 Å². The van der Waals surface area contributed by atoms with Crippen molar-refractivity contribution >= 4 is 35.0 Å². The van der Waals surface area contributed by atoms with E-state index >= 15 is 0 Å². The summed E-state index contributed by atoms with van der Waals surface area (Å²) in [5.41, 5.74) is -0.820. The largest absolute Gasteiger partial charge is 0.479 e. The Labute approximate surface area is 148 Å². The zero-order valence-electron chi connectivity index (χ0n) is 13.6. The number of nitrogens with one attached hydrogen (secondary N) is 1. The van der Waals surface area contributed by atoms with Gasteiger partial charge in [-0.1, -0.05) is 0 Å². The van der Waals surface area contributed by atoms with Crippen molar-refractivity contribution in [1.29, 1.82) is 0 Å². The van der Waals surface area contributed by atoms with E-state index in [9.17, 15) is 24.8 Å². The minimum Gasteiger partial charge on any atom is -0.479 e. The number of hydrogen-bond acceptors (Lipinski definition) is 6. The highest BCUT2D eigenvalue weighted by atomic mass is 32.2. The van der Waals surface area contributed by atoms with Crippen LogP contribution < -0.4 is 10.2 Å². The number of nitro benzene ring substituents is 1. The maximum atomic E-state index is 12.5. The number of rotatable bonds is 5. The highest BCUT2D eigenvalue weighted by Crippen LogP contribution is 2.33. The van der Waals surface area contributed by atoms with Gasteiger partial charge in [-0.05, 0) is 37.1 Å². The van der Waals surface area contributed by atoms with Gasteiger partial charge in [-0.3, -0.25) is 14.9 Å². The molecule has 2 fully saturated rings. The fourth-order valence-electron chi connectivity index (χ4n) is 3.21. The molecule has 1 aromatic carbocycles. The molecule has 134 valence electrons. The molecule has 2 aliphatic rings. The first-order chi connectivity index (χ1) is 11.9. The van der Waals surface area contributed by atoms with Gasteiger partial charge in [-0.15, -0.1) is 0 Å². The number of carbonyl (C=O) groups excluding carboxylic acids is 1. The number of thioether (sulfide) groups is 1. The van der Waals surface area contributed by atoms with Gasteiger partial charge in [0.1, 0.15) is 11.2 Å². The Bertz CT molecular complexity index is 712. The van der Waals surface area contributed by atoms with Crippen molar-refractivity contribution in [3.05, 3.63) is 33.9 Å². The van der Waals surface area contributed by atoms with Crippen molar-refractivity contribution in [3.8, 4) is 0 Å². The normalized spacial score (nSPS) is 22.8. The van der Waals surface area contributed by atoms with Gasteiger partial charge in [-0.25, -0.2) is 4.79 Å². The number of anilines is 1. The molecule has 1 amide bonds. The first-order valence-corrected chi connectivity index (χ1v) is 9.25. The third-order valence-electron chi connectivity index (χ3n) is 4.66. The second-order valence-electron chi connectivity index (χ2n) is 6.30. The molecule has 0 aliphatic carbocycles. The van der Waals surface area contributed by atoms with Crippen LogP contribution in [0.2, 0.25) is 0 Å². The van der Waals surface area contributed by atoms with Crippen LogP contribution >= 0.6 is 11.8 Å². The van der Waals surface area contributed by atoms with Crippen LogP contribution in [0.25, 0.3) is 0 Å². The number of nitrogens with zero attached hydrogens (tertiary/aromatic N) is 2. The summed E-state index contributed by atoms with van der Waals surface area (Å²) >= 11 is 1.46. The van der Waals surface area contributed by atoms with E-state index in [4.69, 9.17) is 0 Å². The smallest absolute Gasteiger partial charge is 0.330 e. The predicted octanol–water partition coefficient (Wildman–Crippen LogP) is 1.89. The lowest BCUT2D eigenvalue weighted by Gasteiger charge is -2.24. The Morgan fingerprint density at radius 2 is 2.04 bits per heavy atom. The third kappa shape index (κ3) is 3.41. The van der Waals surface area contributed by atoms with Crippen LogP contribution in [0, 0.1) is 10.1 Å². The summed E-state index contributed by atoms with van der Waals surface area (Å²) in [6.45, 7) is 1.51. The van der Waals surface area contributed by atoms with Gasteiger partial charge in [0, 0.05) is 30.5 Å². The van der Waals surface area contributed by atoms with Gasteiger partial charge >= 0.3 is 5.97 Å². The van der Waals surface area contributed by atoms with Gasteiger partial charge in [-0.2, -0.15) is 11.8 Å². The summed E-state index contributed by atoms with van der Waals surface area (Å²) in [5, 5.41) is 23.4. The van der Waals surface area contributed by atoms with Gasteiger partial charge in [0.05, 0.1) is 4.92 Å². The van der Waals surface area contributed by atoms with E-state index in [1.807, 2.05) is 4.90 Å². The fraction of sp³-hybridized carbons (Fsp3) is 0.500. The quantitative estimate of drug-likeness (QED) is 0.605. The highest BCUT2D eigenvalue weighted by Gasteiger charge is 2.43. The number of carboxylic acids is 1. The number of amides is 1. The summed E-state index contributed by atoms with van der Waals surface area (Å²) in [6.07, 6.45) is 2.31. The average molecular weight is 365 g/mol. The Morgan fingerprint density at radius 1 is 1.32 bits per heavy atom. The maximum absolute atomic E-state index is 12.5. The molecule has 0 spiro atoms. The predicted molar refractivity (Wildman–Crippen MR) is 94.3 cm³/mol. The third-order valence-corrected chi connectivity index (χ3v) is 5.85. The lowest BCUT2D eigenvalue weighted by molar-refractivity contribution is -0.384. The monoisotopic (exact) mass is 365 g/mol. The van der Waals surface area contributed by atoms with E-state index in [-0.39, 0.29) is 11.3 Å². The molecule has 2 heterocycles. The molecular weight excluding hydrogens is 346 g/mol. The number of aliphatic carboxylic acids is 1. The zero-order valence-corrected chi connectivity index (χ0v) is 14.4. The molecule has 0 aromatic heterocycles. The maximum Gasteiger partial charge on any atom is 0.330 e. The lowest BCUT2D eigenvalue weighted by atomic mass is 9.98. The lowest BCUT2D eigenvalue weighted by Crippen LogP contribution is -2.54. The van der Waals surface area contributed by atoms with Crippen LogP contribution in [-0.2, 0) is 4.79 Å². The number of carbonyl (C=O) groups is 2. The second-order valence-corrected chi connectivity index (χ2v) is 7.40. The standard InChI is InChI=1S/C16H19N3O5S/c20-14(17-16(15(21)22)5-8-25-10-16)11-3-4-12(13(9-11)19(23)24)18-6-1-2-7-18/h3-4,9H,1-2,5-8,10H2,(H,17,20)(H,21,22). The van der Waals surface area contributed by atoms with Crippen molar-refractivity contribution in [2.75, 3.05) is 29.5 Å². The molecular formula is C16H19N3O5S. The topological polar surface area (TPSA) is 113 Å². The number of hydrogen-bond donors (Lipinski definition) is 2. The van der Waals surface area contributed by atoms with Crippen molar-refractivity contribution in [1.82, 2.24) is 5.32 Å². The minimum atomic E-state index is -1.30. The van der Waals surface area contributed by atoms with Crippen molar-refractivity contribution < 1.29 is 19.6 Å².